The molecular formula is C38H44N2O10S2. The number of hydrogen-bond donors (Lipinski definition) is 2. The maximum Gasteiger partial charge on any atom is 0.412 e. The van der Waals surface area contributed by atoms with E-state index in [2.05, 4.69) is 10.3 Å². The lowest BCUT2D eigenvalue weighted by Crippen LogP contribution is -2.33. The van der Waals surface area contributed by atoms with Gasteiger partial charge >= 0.3 is 18.0 Å². The molecule has 14 heteroatoms. The lowest BCUT2D eigenvalue weighted by atomic mass is 9.93. The normalized spacial score (nSPS) is 17.7. The summed E-state index contributed by atoms with van der Waals surface area (Å²) in [5.74, 6) is 0.827. The fourth-order valence-corrected chi connectivity index (χ4v) is 7.53. The second kappa shape index (κ2) is 18.2. The third kappa shape index (κ3) is 8.52. The molecule has 0 bridgehead atoms. The number of benzene rings is 2. The van der Waals surface area contributed by atoms with Crippen LogP contribution in [0.25, 0.3) is 11.1 Å². The van der Waals surface area contributed by atoms with E-state index in [1.54, 1.807) is 45.4 Å². The number of methoxy groups -OCH3 is 2. The number of rotatable bonds is 9. The monoisotopic (exact) mass is 752 g/mol. The average molecular weight is 753 g/mol. The van der Waals surface area contributed by atoms with E-state index in [1.165, 1.54) is 23.2 Å². The Morgan fingerprint density at radius 3 is 2.02 bits per heavy atom. The van der Waals surface area contributed by atoms with Gasteiger partial charge in [0.2, 0.25) is 6.08 Å². The molecule has 4 aliphatic rings. The zero-order chi connectivity index (χ0) is 37.9. The molecule has 0 atom stereocenters. The van der Waals surface area contributed by atoms with Gasteiger partial charge in [0.1, 0.15) is 22.6 Å². The number of nitrogens with one attached hydrogen (secondary N) is 1. The van der Waals surface area contributed by atoms with Crippen molar-refractivity contribution in [2.24, 2.45) is 4.99 Å². The molecule has 2 N–H and O–H groups in total. The maximum atomic E-state index is 12.8. The molecule has 2 heterocycles. The minimum Gasteiger partial charge on any atom is -0.507 e. The smallest absolute Gasteiger partial charge is 0.412 e. The summed E-state index contributed by atoms with van der Waals surface area (Å²) in [5.41, 5.74) is 0.889. The van der Waals surface area contributed by atoms with Gasteiger partial charge in [-0.05, 0) is 113 Å². The third-order valence-corrected chi connectivity index (χ3v) is 10.2. The Kier molecular flexibility index (Phi) is 14.1. The van der Waals surface area contributed by atoms with Gasteiger partial charge in [0.25, 0.3) is 0 Å². The number of aliphatic hydroxyl groups is 1. The number of nitrogens with zero attached hydrogens (tertiary/aromatic N) is 1. The number of esters is 2. The molecule has 278 valence electrons. The first kappa shape index (κ1) is 40.1. The number of aliphatic imine (C=N–C) groups is 1. The van der Waals surface area contributed by atoms with Crippen LogP contribution < -0.4 is 14.8 Å². The SMILES string of the molecule is CCN=C=O.CCNC(=O)OC1=C(c2ccc(OC)cc2SC)C(=O)OC12CCCC2.COc1ccc(C2=C(O)C3(CCCC3)OC2=O)c(C=S)c1. The summed E-state index contributed by atoms with van der Waals surface area (Å²) in [6.45, 7) is 4.59. The van der Waals surface area contributed by atoms with Crippen LogP contribution >= 0.6 is 24.0 Å². The number of aliphatic hydroxyl groups excluding tert-OH is 1. The number of amides is 1. The highest BCUT2D eigenvalue weighted by Gasteiger charge is 2.53. The Labute approximate surface area is 313 Å². The van der Waals surface area contributed by atoms with Gasteiger partial charge in [-0.15, -0.1) is 11.8 Å². The Hall–Kier alpha value is -4.65. The van der Waals surface area contributed by atoms with Gasteiger partial charge in [-0.3, -0.25) is 0 Å². The fourth-order valence-electron chi connectivity index (χ4n) is 6.71. The van der Waals surface area contributed by atoms with Crippen molar-refractivity contribution in [3.05, 3.63) is 64.6 Å². The minimum absolute atomic E-state index is 0.0493. The number of alkyl carbamates (subject to hydrolysis) is 1. The topological polar surface area (TPSA) is 159 Å². The fraction of sp³-hybridized carbons (Fsp3) is 0.447. The largest absolute Gasteiger partial charge is 0.507 e. The van der Waals surface area contributed by atoms with Crippen LogP contribution in [0.4, 0.5) is 4.79 Å². The Balaban J connectivity index is 0.000000209. The van der Waals surface area contributed by atoms with Gasteiger partial charge in [-0.2, -0.15) is 0 Å². The summed E-state index contributed by atoms with van der Waals surface area (Å²) in [6.07, 6.45) is 9.21. The molecule has 0 radical (unpaired) electrons. The molecule has 0 saturated heterocycles. The molecule has 12 nitrogen and oxygen atoms in total. The molecule has 2 fully saturated rings. The second-order valence-corrected chi connectivity index (χ2v) is 13.3. The minimum atomic E-state index is -0.826. The maximum absolute atomic E-state index is 12.8. The van der Waals surface area contributed by atoms with Crippen molar-refractivity contribution in [3.63, 3.8) is 0 Å². The van der Waals surface area contributed by atoms with E-state index in [4.69, 9.17) is 40.7 Å². The molecule has 2 saturated carbocycles. The standard InChI is InChI=1S/C19H23NO5S.C16H16O4S.C3H5NO/c1-4-20-18(22)24-16-15(17(21)25-19(16)9-5-6-10-19)13-8-7-12(23-2)11-14(13)26-3;1-19-11-4-5-12(10(8-11)9-21)13-14(17)16(20-15(13)18)6-2-3-7-16;1-2-4-3-5/h7-8,11H,4-6,9-10H2,1-3H3,(H,20,22);4-5,8-9,17H,2-3,6-7H2,1H3;2H2,1H3. The number of thioether (sulfide) groups is 1. The van der Waals surface area contributed by atoms with E-state index in [-0.39, 0.29) is 11.3 Å². The van der Waals surface area contributed by atoms with Gasteiger partial charge in [-0.1, -0.05) is 12.2 Å². The molecule has 0 unspecified atom stereocenters. The molecule has 2 spiro atoms. The molecule has 2 aliphatic carbocycles. The number of carbonyl (C=O) groups is 3. The van der Waals surface area contributed by atoms with Crippen LogP contribution in [-0.2, 0) is 28.6 Å². The van der Waals surface area contributed by atoms with Crippen molar-refractivity contribution in [2.75, 3.05) is 33.6 Å². The molecule has 2 aliphatic heterocycles. The first-order valence-electron chi connectivity index (χ1n) is 17.1. The van der Waals surface area contributed by atoms with Crippen LogP contribution in [0.15, 0.2) is 57.8 Å². The lowest BCUT2D eigenvalue weighted by Gasteiger charge is -2.24. The van der Waals surface area contributed by atoms with Crippen molar-refractivity contribution in [1.82, 2.24) is 5.32 Å². The van der Waals surface area contributed by atoms with E-state index >= 15 is 0 Å². The number of thiocarbonyl (C=S) groups is 1. The predicted molar refractivity (Wildman–Crippen MR) is 200 cm³/mol. The third-order valence-electron chi connectivity index (χ3n) is 9.19. The van der Waals surface area contributed by atoms with Crippen LogP contribution in [-0.4, -0.2) is 79.4 Å². The lowest BCUT2D eigenvalue weighted by molar-refractivity contribution is -0.147. The van der Waals surface area contributed by atoms with Crippen molar-refractivity contribution in [2.45, 2.75) is 81.3 Å². The Morgan fingerprint density at radius 2 is 1.50 bits per heavy atom. The van der Waals surface area contributed by atoms with E-state index < -0.39 is 29.2 Å². The quantitative estimate of drug-likeness (QED) is 0.0660. The second-order valence-electron chi connectivity index (χ2n) is 12.2. The average Bonchev–Trinajstić information content (AvgIpc) is 3.93. The highest BCUT2D eigenvalue weighted by molar-refractivity contribution is 7.98. The van der Waals surface area contributed by atoms with E-state index in [1.807, 2.05) is 25.3 Å². The van der Waals surface area contributed by atoms with Crippen LogP contribution in [0.2, 0.25) is 0 Å². The number of hydrogen-bond acceptors (Lipinski definition) is 13. The van der Waals surface area contributed by atoms with Crippen molar-refractivity contribution in [3.8, 4) is 11.5 Å². The van der Waals surface area contributed by atoms with Gasteiger partial charge in [-0.25, -0.2) is 24.2 Å². The zero-order valence-corrected chi connectivity index (χ0v) is 31.6. The summed E-state index contributed by atoms with van der Waals surface area (Å²) < 4.78 is 27.3. The number of isocyanates is 1. The molecule has 2 aromatic rings. The van der Waals surface area contributed by atoms with Crippen molar-refractivity contribution < 1.29 is 48.0 Å². The first-order chi connectivity index (χ1) is 25.1. The molecule has 2 aromatic carbocycles. The summed E-state index contributed by atoms with van der Waals surface area (Å²) in [6, 6.07) is 10.7. The summed E-state index contributed by atoms with van der Waals surface area (Å²) in [5, 5.41) is 14.7. The summed E-state index contributed by atoms with van der Waals surface area (Å²) >= 11 is 6.51. The van der Waals surface area contributed by atoms with Gasteiger partial charge < -0.3 is 34.1 Å². The van der Waals surface area contributed by atoms with E-state index in [0.29, 0.717) is 78.3 Å². The number of carbonyl (C=O) groups excluding carboxylic acids is 4. The molecule has 52 heavy (non-hydrogen) atoms. The summed E-state index contributed by atoms with van der Waals surface area (Å²) in [4.78, 5) is 50.3. The molecular weight excluding hydrogens is 709 g/mol. The highest BCUT2D eigenvalue weighted by Crippen LogP contribution is 2.50. The van der Waals surface area contributed by atoms with Crippen LogP contribution in [0.5, 0.6) is 11.5 Å². The van der Waals surface area contributed by atoms with Crippen LogP contribution in [0.1, 0.15) is 81.9 Å². The van der Waals surface area contributed by atoms with Crippen molar-refractivity contribution in [1.29, 1.82) is 0 Å². The van der Waals surface area contributed by atoms with Crippen molar-refractivity contribution >= 4 is 64.6 Å². The number of ether oxygens (including phenoxy) is 5. The predicted octanol–water partition coefficient (Wildman–Crippen LogP) is 7.27. The Morgan fingerprint density at radius 1 is 0.942 bits per heavy atom. The van der Waals surface area contributed by atoms with Crippen LogP contribution in [0.3, 0.4) is 0 Å². The molecule has 1 amide bonds. The van der Waals surface area contributed by atoms with Gasteiger partial charge in [0, 0.05) is 34.5 Å². The van der Waals surface area contributed by atoms with E-state index in [0.717, 1.165) is 30.6 Å². The first-order valence-corrected chi connectivity index (χ1v) is 18.8. The van der Waals surface area contributed by atoms with Crippen LogP contribution in [0, 0.1) is 0 Å². The van der Waals surface area contributed by atoms with Gasteiger partial charge in [0.15, 0.2) is 22.7 Å². The highest BCUT2D eigenvalue weighted by atomic mass is 32.2. The van der Waals surface area contributed by atoms with E-state index in [9.17, 15) is 19.5 Å². The molecule has 0 aromatic heterocycles. The Bertz CT molecular complexity index is 1790. The zero-order valence-electron chi connectivity index (χ0n) is 30.0. The van der Waals surface area contributed by atoms with Gasteiger partial charge in [0.05, 0.1) is 14.2 Å². The molecule has 6 rings (SSSR count). The summed E-state index contributed by atoms with van der Waals surface area (Å²) in [7, 11) is 3.16.